The van der Waals surface area contributed by atoms with Crippen molar-refractivity contribution in [1.82, 2.24) is 4.90 Å². The van der Waals surface area contributed by atoms with Crippen molar-refractivity contribution in [3.05, 3.63) is 36.8 Å². The summed E-state index contributed by atoms with van der Waals surface area (Å²) >= 11 is 0. The van der Waals surface area contributed by atoms with Crippen LogP contribution >= 0.6 is 0 Å². The smallest absolute Gasteiger partial charge is 0.368 e. The van der Waals surface area contributed by atoms with Crippen LogP contribution in [-0.4, -0.2) is 37.6 Å². The molecule has 0 aliphatic carbocycles. The van der Waals surface area contributed by atoms with E-state index in [2.05, 4.69) is 11.8 Å². The normalized spacial score (nSPS) is 17.0. The Bertz CT molecular complexity index is 451. The molecular weight excluding hydrogens is 289 g/mol. The highest BCUT2D eigenvalue weighted by molar-refractivity contribution is 5.55. The summed E-state index contributed by atoms with van der Waals surface area (Å²) in [6, 6.07) is 5.87. The summed E-state index contributed by atoms with van der Waals surface area (Å²) in [6.07, 6.45) is 0.165. The van der Waals surface area contributed by atoms with Gasteiger partial charge in [-0.1, -0.05) is 38.3 Å². The van der Waals surface area contributed by atoms with Crippen molar-refractivity contribution in [2.24, 2.45) is 0 Å². The first-order valence-corrected chi connectivity index (χ1v) is 7.95. The summed E-state index contributed by atoms with van der Waals surface area (Å²) in [4.78, 5) is 4.20. The van der Waals surface area contributed by atoms with Gasteiger partial charge in [0.15, 0.2) is 0 Å². The number of para-hydroxylation sites is 1. The molecule has 0 atom stereocenters. The first-order chi connectivity index (χ1) is 10.5. The molecule has 2 rings (SSSR count). The Morgan fingerprint density at radius 1 is 0.955 bits per heavy atom. The first-order valence-electron chi connectivity index (χ1n) is 7.95. The third-order valence-corrected chi connectivity index (χ3v) is 4.15. The number of rotatable bonds is 6. The molecule has 1 aliphatic rings. The fraction of sp³-hybridized carbons (Fsp3) is 0.588. The molecule has 0 amide bonds. The third-order valence-electron chi connectivity index (χ3n) is 4.15. The van der Waals surface area contributed by atoms with Crippen molar-refractivity contribution in [3.8, 4) is 0 Å². The van der Waals surface area contributed by atoms with Crippen LogP contribution in [0.2, 0.25) is 0 Å². The van der Waals surface area contributed by atoms with E-state index in [9.17, 15) is 13.2 Å². The molecule has 123 valence electrons. The third kappa shape index (κ3) is 4.63. The van der Waals surface area contributed by atoms with E-state index in [1.165, 1.54) is 18.6 Å². The van der Waals surface area contributed by atoms with Gasteiger partial charge in [0.2, 0.25) is 0 Å². The van der Waals surface area contributed by atoms with Gasteiger partial charge in [-0.15, -0.1) is 0 Å². The number of hydrogen-bond acceptors (Lipinski definition) is 2. The molecule has 1 heterocycles. The molecule has 1 fully saturated rings. The topological polar surface area (TPSA) is 6.48 Å². The summed E-state index contributed by atoms with van der Waals surface area (Å²) < 4.78 is 39.2. The molecule has 0 bridgehead atoms. The summed E-state index contributed by atoms with van der Waals surface area (Å²) in [6.45, 7) is 7.84. The molecule has 0 N–H and O–H groups in total. The predicted molar refractivity (Wildman–Crippen MR) is 83.9 cm³/mol. The van der Waals surface area contributed by atoms with Crippen molar-refractivity contribution >= 4 is 5.69 Å². The van der Waals surface area contributed by atoms with Crippen LogP contribution in [0.5, 0.6) is 0 Å². The van der Waals surface area contributed by atoms with Crippen LogP contribution in [0, 0.1) is 6.92 Å². The lowest BCUT2D eigenvalue weighted by atomic mass is 10.1. The van der Waals surface area contributed by atoms with Crippen LogP contribution in [0.25, 0.3) is 0 Å². The summed E-state index contributed by atoms with van der Waals surface area (Å²) in [5, 5.41) is 0. The number of benzene rings is 1. The fourth-order valence-corrected chi connectivity index (χ4v) is 2.89. The second-order valence-corrected chi connectivity index (χ2v) is 5.76. The van der Waals surface area contributed by atoms with Gasteiger partial charge in [-0.2, -0.15) is 13.2 Å². The summed E-state index contributed by atoms with van der Waals surface area (Å²) in [5.41, 5.74) is -0.217. The van der Waals surface area contributed by atoms with E-state index in [4.69, 9.17) is 0 Å². The molecule has 1 aromatic rings. The van der Waals surface area contributed by atoms with E-state index < -0.39 is 11.7 Å². The van der Waals surface area contributed by atoms with Crippen LogP contribution in [0.4, 0.5) is 18.9 Å². The number of halogens is 3. The molecule has 1 aliphatic heterocycles. The Morgan fingerprint density at radius 2 is 1.64 bits per heavy atom. The molecule has 1 saturated heterocycles. The minimum Gasteiger partial charge on any atom is -0.368 e. The van der Waals surface area contributed by atoms with Crippen LogP contribution in [0.1, 0.15) is 31.2 Å². The number of nitrogens with zero attached hydrogens (tertiary/aromatic N) is 2. The van der Waals surface area contributed by atoms with E-state index in [0.29, 0.717) is 18.8 Å². The highest BCUT2D eigenvalue weighted by Gasteiger charge is 2.35. The van der Waals surface area contributed by atoms with Crippen molar-refractivity contribution in [1.29, 1.82) is 0 Å². The second-order valence-electron chi connectivity index (χ2n) is 5.76. The number of unbranched alkanes of at least 4 members (excludes halogenated alkanes) is 3. The fourth-order valence-electron chi connectivity index (χ4n) is 2.89. The van der Waals surface area contributed by atoms with E-state index in [-0.39, 0.29) is 0 Å². The van der Waals surface area contributed by atoms with Crippen LogP contribution in [0.15, 0.2) is 24.3 Å². The molecular formula is C17H24F3N2. The molecule has 0 aromatic heterocycles. The van der Waals surface area contributed by atoms with E-state index in [1.807, 2.05) is 4.90 Å². The summed E-state index contributed by atoms with van der Waals surface area (Å²) in [7, 11) is 0. The van der Waals surface area contributed by atoms with Gasteiger partial charge >= 0.3 is 6.18 Å². The van der Waals surface area contributed by atoms with Crippen molar-refractivity contribution in [2.75, 3.05) is 37.6 Å². The Hall–Kier alpha value is -1.23. The Kier molecular flexibility index (Phi) is 6.12. The summed E-state index contributed by atoms with van der Waals surface area (Å²) in [5.74, 6) is 0. The first kappa shape index (κ1) is 17.1. The lowest BCUT2D eigenvalue weighted by Gasteiger charge is -2.37. The van der Waals surface area contributed by atoms with Crippen LogP contribution in [-0.2, 0) is 6.18 Å². The van der Waals surface area contributed by atoms with Crippen molar-refractivity contribution in [3.63, 3.8) is 0 Å². The second kappa shape index (κ2) is 7.86. The maximum atomic E-state index is 13.1. The number of alkyl halides is 3. The minimum absolute atomic E-state index is 0.312. The van der Waals surface area contributed by atoms with E-state index in [0.717, 1.165) is 38.9 Å². The zero-order valence-electron chi connectivity index (χ0n) is 12.9. The van der Waals surface area contributed by atoms with Gasteiger partial charge in [-0.3, -0.25) is 4.90 Å². The molecule has 1 aromatic carbocycles. The van der Waals surface area contributed by atoms with Gasteiger partial charge in [0.25, 0.3) is 0 Å². The van der Waals surface area contributed by atoms with Crippen molar-refractivity contribution < 1.29 is 13.2 Å². The maximum Gasteiger partial charge on any atom is 0.418 e. The lowest BCUT2D eigenvalue weighted by Crippen LogP contribution is -2.47. The highest BCUT2D eigenvalue weighted by Crippen LogP contribution is 2.36. The van der Waals surface area contributed by atoms with Gasteiger partial charge < -0.3 is 4.90 Å². The highest BCUT2D eigenvalue weighted by atomic mass is 19.4. The Labute approximate surface area is 130 Å². The van der Waals surface area contributed by atoms with Crippen LogP contribution < -0.4 is 4.90 Å². The van der Waals surface area contributed by atoms with Gasteiger partial charge in [0, 0.05) is 31.9 Å². The zero-order valence-corrected chi connectivity index (χ0v) is 12.9. The number of piperazine rings is 1. The van der Waals surface area contributed by atoms with E-state index >= 15 is 0 Å². The van der Waals surface area contributed by atoms with Crippen LogP contribution in [0.3, 0.4) is 0 Å². The van der Waals surface area contributed by atoms with Gasteiger partial charge in [0.05, 0.1) is 5.56 Å². The predicted octanol–water partition coefficient (Wildman–Crippen LogP) is 4.22. The molecule has 0 unspecified atom stereocenters. The maximum absolute atomic E-state index is 13.1. The van der Waals surface area contributed by atoms with Gasteiger partial charge in [-0.25, -0.2) is 0 Å². The molecule has 0 saturated carbocycles. The molecule has 22 heavy (non-hydrogen) atoms. The molecule has 5 heteroatoms. The van der Waals surface area contributed by atoms with Crippen molar-refractivity contribution in [2.45, 2.75) is 31.9 Å². The SMILES string of the molecule is [CH2]CCCCCN1CCN(c2ccccc2C(F)(F)F)CC1. The molecule has 1 radical (unpaired) electrons. The largest absolute Gasteiger partial charge is 0.418 e. The van der Waals surface area contributed by atoms with Gasteiger partial charge in [0.1, 0.15) is 0 Å². The van der Waals surface area contributed by atoms with Gasteiger partial charge in [-0.05, 0) is 25.1 Å². The zero-order chi connectivity index (χ0) is 16.0. The number of anilines is 1. The average molecular weight is 313 g/mol. The Morgan fingerprint density at radius 3 is 2.27 bits per heavy atom. The standard InChI is InChI=1S/C17H24F3N2/c1-2-3-4-7-10-21-11-13-22(14-12-21)16-9-6-5-8-15(16)17(18,19)20/h5-6,8-9H,1-4,7,10-14H2. The number of hydrogen-bond donors (Lipinski definition) is 0. The molecule has 0 spiro atoms. The monoisotopic (exact) mass is 313 g/mol. The average Bonchev–Trinajstić information content (AvgIpc) is 2.51. The molecule has 2 nitrogen and oxygen atoms in total. The minimum atomic E-state index is -4.29. The van der Waals surface area contributed by atoms with E-state index in [1.54, 1.807) is 12.1 Å². The lowest BCUT2D eigenvalue weighted by molar-refractivity contribution is -0.137. The quantitative estimate of drug-likeness (QED) is 0.726. The Balaban J connectivity index is 1.90.